The molecule has 3 N–H and O–H groups in total. The van der Waals surface area contributed by atoms with E-state index in [1.54, 1.807) is 22.7 Å². The number of aromatic amines is 1. The first-order valence-corrected chi connectivity index (χ1v) is 8.51. The Morgan fingerprint density at radius 3 is 3.00 bits per heavy atom. The number of H-pyrrole nitrogens is 1. The fourth-order valence-corrected chi connectivity index (χ4v) is 3.73. The lowest BCUT2D eigenvalue weighted by Crippen LogP contribution is -2.34. The van der Waals surface area contributed by atoms with Crippen LogP contribution in [-0.2, 0) is 12.1 Å². The molecule has 1 atom stereocenters. The van der Waals surface area contributed by atoms with Crippen LogP contribution < -0.4 is 5.32 Å². The smallest absolute Gasteiger partial charge is 0.1000 e. The molecule has 4 nitrogen and oxygen atoms in total. The topological polar surface area (TPSA) is 60.9 Å². The van der Waals surface area contributed by atoms with Crippen molar-refractivity contribution in [3.63, 3.8) is 0 Å². The second kappa shape index (κ2) is 6.11. The van der Waals surface area contributed by atoms with Gasteiger partial charge in [-0.1, -0.05) is 6.07 Å². The molecule has 0 aromatic carbocycles. The Morgan fingerprint density at radius 1 is 1.38 bits per heavy atom. The Balaban J connectivity index is 1.63. The highest BCUT2D eigenvalue weighted by Crippen LogP contribution is 2.26. The molecule has 6 heteroatoms. The van der Waals surface area contributed by atoms with Crippen molar-refractivity contribution in [2.75, 3.05) is 6.54 Å². The summed E-state index contributed by atoms with van der Waals surface area (Å²) in [6.07, 6.45) is 1.83. The van der Waals surface area contributed by atoms with Gasteiger partial charge in [-0.15, -0.1) is 11.3 Å². The number of rotatable bonds is 6. The monoisotopic (exact) mass is 319 g/mol. The second-order valence-corrected chi connectivity index (χ2v) is 6.86. The number of thiophene rings is 2. The van der Waals surface area contributed by atoms with Crippen LogP contribution in [0.25, 0.3) is 10.6 Å². The molecule has 0 saturated heterocycles. The average molecular weight is 319 g/mol. The Morgan fingerprint density at radius 2 is 2.29 bits per heavy atom. The summed E-state index contributed by atoms with van der Waals surface area (Å²) in [6, 6.07) is 6.06. The van der Waals surface area contributed by atoms with Crippen molar-refractivity contribution in [3.05, 3.63) is 51.7 Å². The standard InChI is InChI=1S/C15H17N3OS2/c1-15(19,12-4-6-20-9-12)10-16-7-11-8-17-18-14(11)13-3-2-5-21-13/h2-6,8-9,16,19H,7,10H2,1H3,(H,17,18). The third-order valence-electron chi connectivity index (χ3n) is 3.41. The minimum atomic E-state index is -0.854. The highest BCUT2D eigenvalue weighted by Gasteiger charge is 2.23. The molecule has 1 unspecified atom stereocenters. The van der Waals surface area contributed by atoms with Crippen LogP contribution in [-0.4, -0.2) is 21.8 Å². The van der Waals surface area contributed by atoms with Gasteiger partial charge < -0.3 is 10.4 Å². The van der Waals surface area contributed by atoms with E-state index in [4.69, 9.17) is 0 Å². The zero-order valence-corrected chi connectivity index (χ0v) is 13.3. The van der Waals surface area contributed by atoms with Crippen molar-refractivity contribution < 1.29 is 5.11 Å². The van der Waals surface area contributed by atoms with E-state index in [0.717, 1.165) is 16.8 Å². The van der Waals surface area contributed by atoms with Crippen molar-refractivity contribution in [1.29, 1.82) is 0 Å². The van der Waals surface area contributed by atoms with E-state index in [1.165, 1.54) is 4.88 Å². The Labute approximate surface area is 131 Å². The van der Waals surface area contributed by atoms with E-state index in [-0.39, 0.29) is 0 Å². The van der Waals surface area contributed by atoms with Gasteiger partial charge in [0.2, 0.25) is 0 Å². The third-order valence-corrected chi connectivity index (χ3v) is 4.98. The van der Waals surface area contributed by atoms with Gasteiger partial charge in [0.05, 0.1) is 22.4 Å². The third kappa shape index (κ3) is 3.24. The lowest BCUT2D eigenvalue weighted by Gasteiger charge is -2.22. The predicted molar refractivity (Wildman–Crippen MR) is 87.5 cm³/mol. The van der Waals surface area contributed by atoms with Crippen molar-refractivity contribution in [3.8, 4) is 10.6 Å². The summed E-state index contributed by atoms with van der Waals surface area (Å²) in [7, 11) is 0. The summed E-state index contributed by atoms with van der Waals surface area (Å²) in [5, 5.41) is 27.0. The molecule has 3 aromatic rings. The number of aromatic nitrogens is 2. The van der Waals surface area contributed by atoms with E-state index in [9.17, 15) is 5.11 Å². The number of hydrogen-bond donors (Lipinski definition) is 3. The van der Waals surface area contributed by atoms with Crippen LogP contribution in [0, 0.1) is 0 Å². The summed E-state index contributed by atoms with van der Waals surface area (Å²) >= 11 is 3.28. The first kappa shape index (κ1) is 14.5. The van der Waals surface area contributed by atoms with Gasteiger partial charge in [-0.3, -0.25) is 5.10 Å². The van der Waals surface area contributed by atoms with Crippen molar-refractivity contribution in [2.45, 2.75) is 19.1 Å². The van der Waals surface area contributed by atoms with Gasteiger partial charge in [0.15, 0.2) is 0 Å². The first-order valence-electron chi connectivity index (χ1n) is 6.69. The molecule has 3 heterocycles. The molecule has 0 aliphatic heterocycles. The maximum atomic E-state index is 10.5. The maximum absolute atomic E-state index is 10.5. The van der Waals surface area contributed by atoms with Crippen LogP contribution in [0.2, 0.25) is 0 Å². The molecule has 0 radical (unpaired) electrons. The van der Waals surface area contributed by atoms with Gasteiger partial charge in [-0.05, 0) is 40.8 Å². The van der Waals surface area contributed by atoms with Gasteiger partial charge in [0.1, 0.15) is 0 Å². The SMILES string of the molecule is CC(O)(CNCc1cn[nH]c1-c1cccs1)c1ccsc1. The normalized spacial score (nSPS) is 14.2. The van der Waals surface area contributed by atoms with E-state index in [0.29, 0.717) is 13.1 Å². The van der Waals surface area contributed by atoms with Gasteiger partial charge >= 0.3 is 0 Å². The van der Waals surface area contributed by atoms with Crippen LogP contribution in [0.4, 0.5) is 0 Å². The molecule has 0 fully saturated rings. The predicted octanol–water partition coefficient (Wildman–Crippen LogP) is 3.20. The van der Waals surface area contributed by atoms with Crippen LogP contribution >= 0.6 is 22.7 Å². The molecular formula is C15H17N3OS2. The molecule has 0 aliphatic rings. The largest absolute Gasteiger partial charge is 0.384 e. The minimum Gasteiger partial charge on any atom is -0.384 e. The summed E-state index contributed by atoms with van der Waals surface area (Å²) in [6.45, 7) is 3.00. The van der Waals surface area contributed by atoms with Crippen molar-refractivity contribution >= 4 is 22.7 Å². The number of aliphatic hydroxyl groups is 1. The van der Waals surface area contributed by atoms with Gasteiger partial charge in [-0.25, -0.2) is 0 Å². The zero-order valence-electron chi connectivity index (χ0n) is 11.7. The highest BCUT2D eigenvalue weighted by molar-refractivity contribution is 7.13. The maximum Gasteiger partial charge on any atom is 0.1000 e. The highest BCUT2D eigenvalue weighted by atomic mass is 32.1. The van der Waals surface area contributed by atoms with Crippen LogP contribution in [0.1, 0.15) is 18.1 Å². The number of nitrogens with zero attached hydrogens (tertiary/aromatic N) is 1. The molecule has 0 amide bonds. The molecule has 0 spiro atoms. The Bertz CT molecular complexity index is 672. The summed E-state index contributed by atoms with van der Waals surface area (Å²) in [5.41, 5.74) is 2.25. The summed E-state index contributed by atoms with van der Waals surface area (Å²) in [5.74, 6) is 0. The van der Waals surface area contributed by atoms with E-state index < -0.39 is 5.60 Å². The lowest BCUT2D eigenvalue weighted by molar-refractivity contribution is 0.0571. The minimum absolute atomic E-state index is 0.499. The van der Waals surface area contributed by atoms with Crippen LogP contribution in [0.3, 0.4) is 0 Å². The van der Waals surface area contributed by atoms with E-state index in [2.05, 4.69) is 27.0 Å². The molecule has 0 saturated carbocycles. The molecule has 3 rings (SSSR count). The van der Waals surface area contributed by atoms with Crippen molar-refractivity contribution in [2.24, 2.45) is 0 Å². The lowest BCUT2D eigenvalue weighted by atomic mass is 9.99. The molecule has 0 bridgehead atoms. The molecule has 0 aliphatic carbocycles. The van der Waals surface area contributed by atoms with Crippen molar-refractivity contribution in [1.82, 2.24) is 15.5 Å². The van der Waals surface area contributed by atoms with Gasteiger partial charge in [-0.2, -0.15) is 16.4 Å². The first-order chi connectivity index (χ1) is 10.2. The fraction of sp³-hybridized carbons (Fsp3) is 0.267. The fourth-order valence-electron chi connectivity index (χ4n) is 2.19. The quantitative estimate of drug-likeness (QED) is 0.654. The van der Waals surface area contributed by atoms with E-state index >= 15 is 0 Å². The van der Waals surface area contributed by atoms with Gasteiger partial charge in [0, 0.05) is 18.7 Å². The van der Waals surface area contributed by atoms with Gasteiger partial charge in [0.25, 0.3) is 0 Å². The molecule has 110 valence electrons. The van der Waals surface area contributed by atoms with E-state index in [1.807, 2.05) is 36.0 Å². The summed E-state index contributed by atoms with van der Waals surface area (Å²) < 4.78 is 0. The number of hydrogen-bond acceptors (Lipinski definition) is 5. The summed E-state index contributed by atoms with van der Waals surface area (Å²) in [4.78, 5) is 1.17. The van der Waals surface area contributed by atoms with Crippen LogP contribution in [0.5, 0.6) is 0 Å². The molecular weight excluding hydrogens is 302 g/mol. The Hall–Kier alpha value is -1.47. The molecule has 21 heavy (non-hydrogen) atoms. The average Bonchev–Trinajstić information content (AvgIpc) is 3.20. The van der Waals surface area contributed by atoms with Crippen LogP contribution in [0.15, 0.2) is 40.5 Å². The number of nitrogens with one attached hydrogen (secondary N) is 2. The Kier molecular flexibility index (Phi) is 4.21. The molecule has 3 aromatic heterocycles. The zero-order chi connectivity index (χ0) is 14.7. The second-order valence-electron chi connectivity index (χ2n) is 5.14.